The third kappa shape index (κ3) is 3.71. The van der Waals surface area contributed by atoms with Crippen molar-refractivity contribution in [3.8, 4) is 22.2 Å². The van der Waals surface area contributed by atoms with Crippen LogP contribution in [0.3, 0.4) is 0 Å². The summed E-state index contributed by atoms with van der Waals surface area (Å²) >= 11 is 1.64. The molecular formula is C21H21N3O3S. The molecule has 1 atom stereocenters. The third-order valence-corrected chi connectivity index (χ3v) is 5.99. The van der Waals surface area contributed by atoms with Gasteiger partial charge in [-0.15, -0.1) is 11.3 Å². The Labute approximate surface area is 167 Å². The van der Waals surface area contributed by atoms with Gasteiger partial charge >= 0.3 is 0 Å². The predicted molar refractivity (Wildman–Crippen MR) is 109 cm³/mol. The van der Waals surface area contributed by atoms with Crippen molar-refractivity contribution >= 4 is 22.9 Å². The van der Waals surface area contributed by atoms with Crippen molar-refractivity contribution < 1.29 is 14.3 Å². The molecule has 0 saturated heterocycles. The average Bonchev–Trinajstić information content (AvgIpc) is 3.17. The maximum Gasteiger partial charge on any atom is 0.227 e. The molecular weight excluding hydrogens is 374 g/mol. The zero-order valence-electron chi connectivity index (χ0n) is 15.8. The highest BCUT2D eigenvalue weighted by atomic mass is 32.1. The topological polar surface area (TPSA) is 73.3 Å². The maximum absolute atomic E-state index is 12.8. The molecule has 1 aromatic carbocycles. The van der Waals surface area contributed by atoms with E-state index < -0.39 is 0 Å². The Balaban J connectivity index is 1.47. The normalized spacial score (nSPS) is 15.6. The minimum absolute atomic E-state index is 0.0191. The molecule has 1 unspecified atom stereocenters. The van der Waals surface area contributed by atoms with Gasteiger partial charge in [0.25, 0.3) is 0 Å². The number of hydrogen-bond donors (Lipinski definition) is 1. The summed E-state index contributed by atoms with van der Waals surface area (Å²) in [6, 6.07) is 11.2. The van der Waals surface area contributed by atoms with Gasteiger partial charge in [-0.2, -0.15) is 0 Å². The van der Waals surface area contributed by atoms with Crippen LogP contribution in [0.15, 0.2) is 42.6 Å². The molecule has 0 aliphatic heterocycles. The molecule has 1 aliphatic carbocycles. The van der Waals surface area contributed by atoms with Crippen molar-refractivity contribution in [1.82, 2.24) is 9.97 Å². The minimum Gasteiger partial charge on any atom is -0.493 e. The number of hydrogen-bond acceptors (Lipinski definition) is 6. The summed E-state index contributed by atoms with van der Waals surface area (Å²) in [4.78, 5) is 23.1. The number of rotatable bonds is 5. The number of pyridine rings is 1. The second-order valence-corrected chi connectivity index (χ2v) is 7.69. The predicted octanol–water partition coefficient (Wildman–Crippen LogP) is 3.97. The zero-order valence-corrected chi connectivity index (χ0v) is 16.6. The molecule has 1 amide bonds. The number of anilines is 1. The van der Waals surface area contributed by atoms with Crippen LogP contribution in [0.4, 0.5) is 5.69 Å². The van der Waals surface area contributed by atoms with Crippen molar-refractivity contribution in [1.29, 1.82) is 0 Å². The molecule has 6 nitrogen and oxygen atoms in total. The molecule has 4 rings (SSSR count). The van der Waals surface area contributed by atoms with Crippen LogP contribution in [0.2, 0.25) is 0 Å². The highest BCUT2D eigenvalue weighted by Crippen LogP contribution is 2.35. The number of methoxy groups -OCH3 is 2. The van der Waals surface area contributed by atoms with Crippen LogP contribution in [0.1, 0.15) is 17.0 Å². The van der Waals surface area contributed by atoms with Gasteiger partial charge in [-0.3, -0.25) is 9.78 Å². The highest BCUT2D eigenvalue weighted by Gasteiger charge is 2.28. The first-order chi connectivity index (χ1) is 13.7. The number of benzene rings is 1. The molecule has 0 fully saturated rings. The lowest BCUT2D eigenvalue weighted by molar-refractivity contribution is -0.120. The molecule has 0 saturated carbocycles. The molecule has 1 N–H and O–H groups in total. The van der Waals surface area contributed by atoms with E-state index >= 15 is 0 Å². The summed E-state index contributed by atoms with van der Waals surface area (Å²) in [5.74, 6) is 1.17. The van der Waals surface area contributed by atoms with Crippen molar-refractivity contribution in [2.45, 2.75) is 19.3 Å². The number of aryl methyl sites for hydroxylation is 1. The van der Waals surface area contributed by atoms with Gasteiger partial charge in [-0.1, -0.05) is 6.07 Å². The van der Waals surface area contributed by atoms with Gasteiger partial charge in [-0.05, 0) is 43.5 Å². The third-order valence-electron chi connectivity index (χ3n) is 4.85. The molecule has 2 aromatic heterocycles. The number of aromatic nitrogens is 2. The second-order valence-electron chi connectivity index (χ2n) is 6.60. The van der Waals surface area contributed by atoms with Crippen LogP contribution in [-0.4, -0.2) is 30.1 Å². The first-order valence-electron chi connectivity index (χ1n) is 9.11. The Hall–Kier alpha value is -2.93. The van der Waals surface area contributed by atoms with Crippen molar-refractivity contribution in [3.63, 3.8) is 0 Å². The monoisotopic (exact) mass is 395 g/mol. The molecule has 2 heterocycles. The minimum atomic E-state index is -0.0716. The van der Waals surface area contributed by atoms with Crippen LogP contribution in [0.5, 0.6) is 11.5 Å². The first kappa shape index (κ1) is 18.4. The Morgan fingerprint density at radius 1 is 1.18 bits per heavy atom. The van der Waals surface area contributed by atoms with E-state index in [1.807, 2.05) is 24.3 Å². The SMILES string of the molecule is COc1ccc(NC(=O)C2CCc3nc(-c4ccccn4)sc3C2)cc1OC. The van der Waals surface area contributed by atoms with E-state index in [0.29, 0.717) is 23.6 Å². The quantitative estimate of drug-likeness (QED) is 0.708. The van der Waals surface area contributed by atoms with Crippen LogP contribution >= 0.6 is 11.3 Å². The number of fused-ring (bicyclic) bond motifs is 1. The highest BCUT2D eigenvalue weighted by molar-refractivity contribution is 7.15. The fraction of sp³-hybridized carbons (Fsp3) is 0.286. The summed E-state index contributed by atoms with van der Waals surface area (Å²) < 4.78 is 10.5. The zero-order chi connectivity index (χ0) is 19.5. The Bertz CT molecular complexity index is 988. The lowest BCUT2D eigenvalue weighted by Gasteiger charge is -2.20. The Morgan fingerprint density at radius 2 is 2.04 bits per heavy atom. The van der Waals surface area contributed by atoms with E-state index in [1.165, 1.54) is 4.88 Å². The number of amides is 1. The number of nitrogens with zero attached hydrogens (tertiary/aromatic N) is 2. The van der Waals surface area contributed by atoms with E-state index in [-0.39, 0.29) is 11.8 Å². The van der Waals surface area contributed by atoms with E-state index in [0.717, 1.165) is 29.2 Å². The molecule has 0 bridgehead atoms. The summed E-state index contributed by atoms with van der Waals surface area (Å²) in [6.07, 6.45) is 4.08. The van der Waals surface area contributed by atoms with E-state index in [2.05, 4.69) is 10.3 Å². The van der Waals surface area contributed by atoms with E-state index in [4.69, 9.17) is 14.5 Å². The van der Waals surface area contributed by atoms with Crippen molar-refractivity contribution in [3.05, 3.63) is 53.2 Å². The molecule has 0 radical (unpaired) electrons. The molecule has 7 heteroatoms. The van der Waals surface area contributed by atoms with Gasteiger partial charge in [-0.25, -0.2) is 4.98 Å². The summed E-state index contributed by atoms with van der Waals surface area (Å²) in [5, 5.41) is 3.93. The number of carbonyl (C=O) groups is 1. The van der Waals surface area contributed by atoms with Crippen molar-refractivity contribution in [2.75, 3.05) is 19.5 Å². The smallest absolute Gasteiger partial charge is 0.227 e. The standard InChI is InChI=1S/C21H21N3O3S/c1-26-17-9-7-14(12-18(17)27-2)23-20(25)13-6-8-15-19(11-13)28-21(24-15)16-5-3-4-10-22-16/h3-5,7,9-10,12-13H,6,8,11H2,1-2H3,(H,23,25). The molecule has 1 aliphatic rings. The van der Waals surface area contributed by atoms with Crippen LogP contribution < -0.4 is 14.8 Å². The molecule has 144 valence electrons. The molecule has 3 aromatic rings. The number of carbonyl (C=O) groups excluding carboxylic acids is 1. The van der Waals surface area contributed by atoms with Gasteiger partial charge in [0.2, 0.25) is 5.91 Å². The van der Waals surface area contributed by atoms with Gasteiger partial charge in [0.1, 0.15) is 5.01 Å². The average molecular weight is 395 g/mol. The van der Waals surface area contributed by atoms with Gasteiger partial charge in [0, 0.05) is 28.7 Å². The lowest BCUT2D eigenvalue weighted by atomic mass is 9.90. The van der Waals surface area contributed by atoms with Gasteiger partial charge < -0.3 is 14.8 Å². The number of ether oxygens (including phenoxy) is 2. The summed E-state index contributed by atoms with van der Waals surface area (Å²) in [5.41, 5.74) is 2.68. The van der Waals surface area contributed by atoms with Crippen LogP contribution in [0.25, 0.3) is 10.7 Å². The Morgan fingerprint density at radius 3 is 2.79 bits per heavy atom. The number of thiazole rings is 1. The fourth-order valence-corrected chi connectivity index (χ4v) is 4.52. The van der Waals surface area contributed by atoms with Crippen LogP contribution in [0, 0.1) is 5.92 Å². The Kier molecular flexibility index (Phi) is 5.25. The maximum atomic E-state index is 12.8. The van der Waals surface area contributed by atoms with Gasteiger partial charge in [0.15, 0.2) is 11.5 Å². The summed E-state index contributed by atoms with van der Waals surface area (Å²) in [7, 11) is 3.17. The van der Waals surface area contributed by atoms with Gasteiger partial charge in [0.05, 0.1) is 25.6 Å². The largest absolute Gasteiger partial charge is 0.493 e. The molecule has 0 spiro atoms. The first-order valence-corrected chi connectivity index (χ1v) is 9.92. The lowest BCUT2D eigenvalue weighted by Crippen LogP contribution is -2.27. The fourth-order valence-electron chi connectivity index (χ4n) is 3.36. The second kappa shape index (κ2) is 7.98. The molecule has 28 heavy (non-hydrogen) atoms. The van der Waals surface area contributed by atoms with Crippen molar-refractivity contribution in [2.24, 2.45) is 5.92 Å². The van der Waals surface area contributed by atoms with E-state index in [1.54, 1.807) is 43.9 Å². The summed E-state index contributed by atoms with van der Waals surface area (Å²) in [6.45, 7) is 0. The number of nitrogens with one attached hydrogen (secondary N) is 1. The van der Waals surface area contributed by atoms with E-state index in [9.17, 15) is 4.79 Å². The van der Waals surface area contributed by atoms with Crippen LogP contribution in [-0.2, 0) is 17.6 Å².